The van der Waals surface area contributed by atoms with Crippen LogP contribution in [0.4, 0.5) is 11.4 Å². The highest BCUT2D eigenvalue weighted by Gasteiger charge is 2.26. The highest BCUT2D eigenvalue weighted by Crippen LogP contribution is 2.27. The van der Waals surface area contributed by atoms with Crippen LogP contribution in [-0.4, -0.2) is 52.2 Å². The van der Waals surface area contributed by atoms with E-state index in [4.69, 9.17) is 4.74 Å². The van der Waals surface area contributed by atoms with E-state index in [-0.39, 0.29) is 11.8 Å². The Kier molecular flexibility index (Phi) is 9.62. The van der Waals surface area contributed by atoms with Gasteiger partial charge in [0.2, 0.25) is 5.91 Å². The van der Waals surface area contributed by atoms with Crippen LogP contribution in [0.25, 0.3) is 0 Å². The number of anilines is 2. The van der Waals surface area contributed by atoms with Crippen molar-refractivity contribution in [3.63, 3.8) is 0 Å². The van der Waals surface area contributed by atoms with Gasteiger partial charge in [0.25, 0.3) is 5.91 Å². The number of methoxy groups -OCH3 is 1. The summed E-state index contributed by atoms with van der Waals surface area (Å²) in [5.74, 6) is 0.932. The van der Waals surface area contributed by atoms with Gasteiger partial charge in [0.1, 0.15) is 11.8 Å². The molecule has 1 aliphatic rings. The average molecular weight is 467 g/mol. The molecule has 1 fully saturated rings. The minimum Gasteiger partial charge on any atom is -0.497 e. The van der Waals surface area contributed by atoms with Gasteiger partial charge in [0, 0.05) is 44.1 Å². The normalized spacial score (nSPS) is 14.7. The van der Waals surface area contributed by atoms with Crippen LogP contribution >= 0.6 is 0 Å². The molecule has 34 heavy (non-hydrogen) atoms. The SMILES string of the molecule is COc1ccc(NCCNC(=O)C(CC2CCCCC2)NC(=O)c2cccc(N(C)C)c2)cc1. The third kappa shape index (κ3) is 7.68. The Bertz CT molecular complexity index is 924. The van der Waals surface area contributed by atoms with E-state index < -0.39 is 6.04 Å². The summed E-state index contributed by atoms with van der Waals surface area (Å²) in [6.07, 6.45) is 6.57. The lowest BCUT2D eigenvalue weighted by atomic mass is 9.84. The quantitative estimate of drug-likeness (QED) is 0.435. The van der Waals surface area contributed by atoms with Crippen LogP contribution < -0.4 is 25.6 Å². The number of nitrogens with one attached hydrogen (secondary N) is 3. The molecule has 2 aromatic carbocycles. The lowest BCUT2D eigenvalue weighted by Crippen LogP contribution is -2.48. The van der Waals surface area contributed by atoms with Gasteiger partial charge in [-0.2, -0.15) is 0 Å². The van der Waals surface area contributed by atoms with Gasteiger partial charge >= 0.3 is 0 Å². The number of carbonyl (C=O) groups excluding carboxylic acids is 2. The molecular formula is C27H38N4O3. The molecule has 1 unspecified atom stereocenters. The third-order valence-corrected chi connectivity index (χ3v) is 6.38. The Hall–Kier alpha value is -3.22. The summed E-state index contributed by atoms with van der Waals surface area (Å²) in [6, 6.07) is 14.6. The zero-order valence-electron chi connectivity index (χ0n) is 20.6. The molecule has 0 spiro atoms. The summed E-state index contributed by atoms with van der Waals surface area (Å²) in [4.78, 5) is 28.0. The molecular weight excluding hydrogens is 428 g/mol. The van der Waals surface area contributed by atoms with Crippen molar-refractivity contribution in [2.75, 3.05) is 44.5 Å². The number of nitrogens with zero attached hydrogens (tertiary/aromatic N) is 1. The molecule has 3 rings (SSSR count). The van der Waals surface area contributed by atoms with E-state index in [2.05, 4.69) is 16.0 Å². The Labute approximate surface area is 203 Å². The number of carbonyl (C=O) groups is 2. The maximum absolute atomic E-state index is 13.1. The second-order valence-electron chi connectivity index (χ2n) is 9.16. The van der Waals surface area contributed by atoms with E-state index in [1.54, 1.807) is 13.2 Å². The number of ether oxygens (including phenoxy) is 1. The number of amides is 2. The molecule has 2 aromatic rings. The van der Waals surface area contributed by atoms with Gasteiger partial charge in [-0.1, -0.05) is 38.2 Å². The second-order valence-corrected chi connectivity index (χ2v) is 9.16. The maximum Gasteiger partial charge on any atom is 0.252 e. The second kappa shape index (κ2) is 12.9. The number of rotatable bonds is 11. The number of benzene rings is 2. The van der Waals surface area contributed by atoms with Crippen LogP contribution in [0.15, 0.2) is 48.5 Å². The predicted molar refractivity (Wildman–Crippen MR) is 138 cm³/mol. The first-order valence-corrected chi connectivity index (χ1v) is 12.2. The fourth-order valence-corrected chi connectivity index (χ4v) is 4.38. The molecule has 0 aromatic heterocycles. The van der Waals surface area contributed by atoms with E-state index in [0.29, 0.717) is 31.0 Å². The molecule has 1 atom stereocenters. The van der Waals surface area contributed by atoms with Gasteiger partial charge in [-0.05, 0) is 54.8 Å². The first kappa shape index (κ1) is 25.4. The lowest BCUT2D eigenvalue weighted by molar-refractivity contribution is -0.123. The molecule has 0 bridgehead atoms. The molecule has 3 N–H and O–H groups in total. The molecule has 1 aliphatic carbocycles. The van der Waals surface area contributed by atoms with Crippen LogP contribution in [-0.2, 0) is 4.79 Å². The molecule has 2 amide bonds. The largest absolute Gasteiger partial charge is 0.497 e. The third-order valence-electron chi connectivity index (χ3n) is 6.38. The number of hydrogen-bond acceptors (Lipinski definition) is 5. The minimum atomic E-state index is -0.542. The Balaban J connectivity index is 1.57. The number of hydrogen-bond donors (Lipinski definition) is 3. The topological polar surface area (TPSA) is 82.7 Å². The maximum atomic E-state index is 13.1. The first-order chi connectivity index (χ1) is 16.5. The van der Waals surface area contributed by atoms with Crippen LogP contribution in [0.5, 0.6) is 5.75 Å². The summed E-state index contributed by atoms with van der Waals surface area (Å²) in [7, 11) is 5.52. The Morgan fingerprint density at radius 1 is 1.03 bits per heavy atom. The summed E-state index contributed by atoms with van der Waals surface area (Å²) in [5.41, 5.74) is 2.47. The molecule has 0 radical (unpaired) electrons. The van der Waals surface area contributed by atoms with Crippen molar-refractivity contribution in [3.05, 3.63) is 54.1 Å². The summed E-state index contributed by atoms with van der Waals surface area (Å²) < 4.78 is 5.17. The van der Waals surface area contributed by atoms with Crippen LogP contribution in [0, 0.1) is 5.92 Å². The van der Waals surface area contributed by atoms with Crippen molar-refractivity contribution < 1.29 is 14.3 Å². The van der Waals surface area contributed by atoms with Crippen LogP contribution in [0.1, 0.15) is 48.9 Å². The Morgan fingerprint density at radius 2 is 1.76 bits per heavy atom. The van der Waals surface area contributed by atoms with Crippen LogP contribution in [0.3, 0.4) is 0 Å². The molecule has 1 saturated carbocycles. The molecule has 184 valence electrons. The highest BCUT2D eigenvalue weighted by molar-refractivity contribution is 5.98. The smallest absolute Gasteiger partial charge is 0.252 e. The highest BCUT2D eigenvalue weighted by atomic mass is 16.5. The lowest BCUT2D eigenvalue weighted by Gasteiger charge is -2.27. The van der Waals surface area contributed by atoms with E-state index >= 15 is 0 Å². The van der Waals surface area contributed by atoms with Crippen molar-refractivity contribution in [1.82, 2.24) is 10.6 Å². The van der Waals surface area contributed by atoms with E-state index in [0.717, 1.165) is 30.0 Å². The fraction of sp³-hybridized carbons (Fsp3) is 0.481. The van der Waals surface area contributed by atoms with Crippen molar-refractivity contribution in [1.29, 1.82) is 0 Å². The van der Waals surface area contributed by atoms with Gasteiger partial charge in [0.05, 0.1) is 7.11 Å². The van der Waals surface area contributed by atoms with Crippen LogP contribution in [0.2, 0.25) is 0 Å². The molecule has 0 aliphatic heterocycles. The monoisotopic (exact) mass is 466 g/mol. The van der Waals surface area contributed by atoms with Gasteiger partial charge < -0.3 is 25.6 Å². The van der Waals surface area contributed by atoms with Crippen molar-refractivity contribution in [2.24, 2.45) is 5.92 Å². The molecule has 7 heteroatoms. The van der Waals surface area contributed by atoms with Gasteiger partial charge in [0.15, 0.2) is 0 Å². The van der Waals surface area contributed by atoms with Gasteiger partial charge in [-0.25, -0.2) is 0 Å². The van der Waals surface area contributed by atoms with Crippen molar-refractivity contribution in [2.45, 2.75) is 44.6 Å². The van der Waals surface area contributed by atoms with Crippen molar-refractivity contribution >= 4 is 23.2 Å². The predicted octanol–water partition coefficient (Wildman–Crippen LogP) is 4.06. The van der Waals surface area contributed by atoms with E-state index in [1.807, 2.05) is 61.5 Å². The first-order valence-electron chi connectivity index (χ1n) is 12.2. The minimum absolute atomic E-state index is 0.126. The molecule has 0 heterocycles. The van der Waals surface area contributed by atoms with E-state index in [9.17, 15) is 9.59 Å². The van der Waals surface area contributed by atoms with Gasteiger partial charge in [-0.3, -0.25) is 9.59 Å². The molecule has 7 nitrogen and oxygen atoms in total. The summed E-state index contributed by atoms with van der Waals surface area (Å²) >= 11 is 0. The standard InChI is InChI=1S/C27H38N4O3/c1-31(2)23-11-7-10-21(19-23)26(32)30-25(18-20-8-5-4-6-9-20)27(33)29-17-16-28-22-12-14-24(34-3)15-13-22/h7,10-15,19-20,25,28H,4-6,8-9,16-18H2,1-3H3,(H,29,33)(H,30,32). The zero-order valence-corrected chi connectivity index (χ0v) is 20.6. The van der Waals surface area contributed by atoms with Crippen molar-refractivity contribution in [3.8, 4) is 5.75 Å². The van der Waals surface area contributed by atoms with E-state index in [1.165, 1.54) is 19.3 Å². The summed E-state index contributed by atoms with van der Waals surface area (Å²) in [5, 5.41) is 9.31. The average Bonchev–Trinajstić information content (AvgIpc) is 2.87. The van der Waals surface area contributed by atoms with Gasteiger partial charge in [-0.15, -0.1) is 0 Å². The molecule has 0 saturated heterocycles. The fourth-order valence-electron chi connectivity index (χ4n) is 4.38. The zero-order chi connectivity index (χ0) is 24.3. The Morgan fingerprint density at radius 3 is 2.44 bits per heavy atom. The summed E-state index contributed by atoms with van der Waals surface area (Å²) in [6.45, 7) is 1.06.